The lowest BCUT2D eigenvalue weighted by Crippen LogP contribution is -2.60. The highest BCUT2D eigenvalue weighted by atomic mass is 16.5. The molecule has 0 amide bonds. The van der Waals surface area contributed by atoms with Gasteiger partial charge in [-0.2, -0.15) is 0 Å². The van der Waals surface area contributed by atoms with Gasteiger partial charge < -0.3 is 15.0 Å². The minimum Gasteiger partial charge on any atom is -0.381 e. The zero-order valence-electron chi connectivity index (χ0n) is 18.9. The molecule has 0 saturated carbocycles. The van der Waals surface area contributed by atoms with E-state index in [2.05, 4.69) is 56.2 Å². The number of likely N-dealkylation sites (tertiary alicyclic amines) is 1. The zero-order chi connectivity index (χ0) is 20.8. The fourth-order valence-electron chi connectivity index (χ4n) is 5.31. The van der Waals surface area contributed by atoms with Crippen LogP contribution in [0.5, 0.6) is 0 Å². The van der Waals surface area contributed by atoms with Crippen LogP contribution in [0.15, 0.2) is 29.3 Å². The Morgan fingerprint density at radius 2 is 1.80 bits per heavy atom. The molecule has 3 heterocycles. The number of piperazine rings is 1. The summed E-state index contributed by atoms with van der Waals surface area (Å²) in [5.74, 6) is 1.07. The van der Waals surface area contributed by atoms with Crippen LogP contribution in [0.4, 0.5) is 0 Å². The quantitative estimate of drug-likeness (QED) is 0.593. The van der Waals surface area contributed by atoms with E-state index in [0.29, 0.717) is 0 Å². The lowest BCUT2D eigenvalue weighted by atomic mass is 9.88. The molecule has 0 aromatic heterocycles. The van der Waals surface area contributed by atoms with Gasteiger partial charge in [-0.15, -0.1) is 0 Å². The molecule has 0 radical (unpaired) electrons. The topological polar surface area (TPSA) is 43.3 Å². The standard InChI is InChI=1S/C24H39N5O/c1-21-6-5-7-22(18-21)19-27-12-14-28(15-13-27)23(25-2)26-20-24(8-16-30-17-9-24)29-10-3-4-11-29/h5-7,18H,3-4,8-17,19-20H2,1-2H3,(H,25,26). The van der Waals surface area contributed by atoms with Gasteiger partial charge in [0, 0.05) is 65.1 Å². The molecule has 0 bridgehead atoms. The highest BCUT2D eigenvalue weighted by Gasteiger charge is 2.40. The Hall–Kier alpha value is -1.63. The van der Waals surface area contributed by atoms with Crippen LogP contribution in [-0.4, -0.2) is 92.3 Å². The van der Waals surface area contributed by atoms with Gasteiger partial charge in [0.15, 0.2) is 5.96 Å². The summed E-state index contributed by atoms with van der Waals surface area (Å²) >= 11 is 0. The van der Waals surface area contributed by atoms with Crippen LogP contribution in [0.25, 0.3) is 0 Å². The summed E-state index contributed by atoms with van der Waals surface area (Å²) in [5.41, 5.74) is 2.99. The highest BCUT2D eigenvalue weighted by molar-refractivity contribution is 5.80. The van der Waals surface area contributed by atoms with Crippen molar-refractivity contribution >= 4 is 5.96 Å². The second-order valence-electron chi connectivity index (χ2n) is 9.18. The summed E-state index contributed by atoms with van der Waals surface area (Å²) < 4.78 is 5.70. The molecular weight excluding hydrogens is 374 g/mol. The van der Waals surface area contributed by atoms with Gasteiger partial charge in [-0.3, -0.25) is 14.8 Å². The van der Waals surface area contributed by atoms with E-state index < -0.39 is 0 Å². The van der Waals surface area contributed by atoms with Crippen LogP contribution < -0.4 is 5.32 Å². The maximum Gasteiger partial charge on any atom is 0.193 e. The molecule has 166 valence electrons. The number of nitrogens with zero attached hydrogens (tertiary/aromatic N) is 4. The molecule has 0 aliphatic carbocycles. The van der Waals surface area contributed by atoms with Crippen molar-refractivity contribution in [2.75, 3.05) is 66.1 Å². The van der Waals surface area contributed by atoms with Crippen molar-refractivity contribution < 1.29 is 4.74 Å². The second-order valence-corrected chi connectivity index (χ2v) is 9.18. The molecule has 6 heteroatoms. The fourth-order valence-corrected chi connectivity index (χ4v) is 5.31. The first kappa shape index (κ1) is 21.6. The van der Waals surface area contributed by atoms with Crippen LogP contribution in [0.1, 0.15) is 36.8 Å². The number of aliphatic imine (C=N–C) groups is 1. The average Bonchev–Trinajstić information content (AvgIpc) is 3.32. The second kappa shape index (κ2) is 10.1. The first-order valence-corrected chi connectivity index (χ1v) is 11.7. The normalized spacial score (nSPS) is 23.7. The van der Waals surface area contributed by atoms with Crippen LogP contribution in [0.2, 0.25) is 0 Å². The minimum absolute atomic E-state index is 0.234. The van der Waals surface area contributed by atoms with Crippen LogP contribution in [0, 0.1) is 6.92 Å². The molecular formula is C24H39N5O. The Bertz CT molecular complexity index is 701. The Balaban J connectivity index is 1.30. The van der Waals surface area contributed by atoms with Gasteiger partial charge in [0.05, 0.1) is 0 Å². The summed E-state index contributed by atoms with van der Waals surface area (Å²) in [6, 6.07) is 8.88. The Morgan fingerprint density at radius 3 is 2.47 bits per heavy atom. The molecule has 30 heavy (non-hydrogen) atoms. The number of benzene rings is 1. The van der Waals surface area contributed by atoms with Crippen LogP contribution in [0.3, 0.4) is 0 Å². The largest absolute Gasteiger partial charge is 0.381 e. The summed E-state index contributed by atoms with van der Waals surface area (Å²) in [4.78, 5) is 12.3. The number of nitrogens with one attached hydrogen (secondary N) is 1. The molecule has 3 aliphatic rings. The van der Waals surface area contributed by atoms with Gasteiger partial charge >= 0.3 is 0 Å². The predicted molar refractivity (Wildman–Crippen MR) is 123 cm³/mol. The molecule has 1 N–H and O–H groups in total. The Kier molecular flexibility index (Phi) is 7.28. The first-order chi connectivity index (χ1) is 14.7. The molecule has 3 fully saturated rings. The summed E-state index contributed by atoms with van der Waals surface area (Å²) in [6.45, 7) is 12.7. The van der Waals surface area contributed by atoms with Gasteiger partial charge in [0.25, 0.3) is 0 Å². The predicted octanol–water partition coefficient (Wildman–Crippen LogP) is 2.33. The molecule has 0 unspecified atom stereocenters. The van der Waals surface area contributed by atoms with Crippen molar-refractivity contribution in [3.8, 4) is 0 Å². The van der Waals surface area contributed by atoms with E-state index in [1.54, 1.807) is 0 Å². The van der Waals surface area contributed by atoms with Crippen molar-refractivity contribution in [2.24, 2.45) is 4.99 Å². The van der Waals surface area contributed by atoms with Crippen LogP contribution >= 0.6 is 0 Å². The molecule has 0 spiro atoms. The maximum absolute atomic E-state index is 5.70. The molecule has 3 saturated heterocycles. The van der Waals surface area contributed by atoms with Crippen LogP contribution in [-0.2, 0) is 11.3 Å². The molecule has 1 aromatic carbocycles. The third-order valence-corrected chi connectivity index (χ3v) is 7.15. The van der Waals surface area contributed by atoms with Gasteiger partial charge in [-0.05, 0) is 51.3 Å². The Morgan fingerprint density at radius 1 is 1.07 bits per heavy atom. The molecule has 0 atom stereocenters. The lowest BCUT2D eigenvalue weighted by molar-refractivity contribution is -0.0167. The van der Waals surface area contributed by atoms with E-state index in [9.17, 15) is 0 Å². The number of rotatable bonds is 5. The number of ether oxygens (including phenoxy) is 1. The van der Waals surface area contributed by atoms with E-state index in [0.717, 1.165) is 71.3 Å². The average molecular weight is 414 g/mol. The number of aryl methyl sites for hydroxylation is 1. The van der Waals surface area contributed by atoms with E-state index in [1.807, 2.05) is 7.05 Å². The number of guanidine groups is 1. The molecule has 6 nitrogen and oxygen atoms in total. The zero-order valence-corrected chi connectivity index (χ0v) is 18.9. The maximum atomic E-state index is 5.70. The van der Waals surface area contributed by atoms with Crippen molar-refractivity contribution in [2.45, 2.75) is 44.7 Å². The van der Waals surface area contributed by atoms with Gasteiger partial charge in [-0.25, -0.2) is 0 Å². The summed E-state index contributed by atoms with van der Waals surface area (Å²) in [5, 5.41) is 3.76. The SMILES string of the molecule is CN=C(NCC1(N2CCCC2)CCOCC1)N1CCN(Cc2cccc(C)c2)CC1. The monoisotopic (exact) mass is 413 g/mol. The highest BCUT2D eigenvalue weighted by Crippen LogP contribution is 2.30. The summed E-state index contributed by atoms with van der Waals surface area (Å²) in [7, 11) is 1.92. The first-order valence-electron chi connectivity index (χ1n) is 11.7. The van der Waals surface area contributed by atoms with E-state index >= 15 is 0 Å². The minimum atomic E-state index is 0.234. The molecule has 3 aliphatic heterocycles. The van der Waals surface area contributed by atoms with Crippen molar-refractivity contribution in [1.29, 1.82) is 0 Å². The van der Waals surface area contributed by atoms with Gasteiger partial charge in [0.1, 0.15) is 0 Å². The van der Waals surface area contributed by atoms with E-state index in [1.165, 1.54) is 37.1 Å². The third kappa shape index (κ3) is 5.16. The smallest absolute Gasteiger partial charge is 0.193 e. The molecule has 4 rings (SSSR count). The van der Waals surface area contributed by atoms with Gasteiger partial charge in [-0.1, -0.05) is 29.8 Å². The number of hydrogen-bond donors (Lipinski definition) is 1. The van der Waals surface area contributed by atoms with Gasteiger partial charge in [0.2, 0.25) is 0 Å². The Labute approximate surface area is 182 Å². The fraction of sp³-hybridized carbons (Fsp3) is 0.708. The lowest BCUT2D eigenvalue weighted by Gasteiger charge is -2.45. The van der Waals surface area contributed by atoms with Crippen molar-refractivity contribution in [3.63, 3.8) is 0 Å². The third-order valence-electron chi connectivity index (χ3n) is 7.15. The van der Waals surface area contributed by atoms with Crippen molar-refractivity contribution in [1.82, 2.24) is 20.0 Å². The molecule has 1 aromatic rings. The van der Waals surface area contributed by atoms with E-state index in [4.69, 9.17) is 4.74 Å². The number of hydrogen-bond acceptors (Lipinski definition) is 4. The van der Waals surface area contributed by atoms with Crippen molar-refractivity contribution in [3.05, 3.63) is 35.4 Å². The summed E-state index contributed by atoms with van der Waals surface area (Å²) in [6.07, 6.45) is 4.92. The van der Waals surface area contributed by atoms with E-state index in [-0.39, 0.29) is 5.54 Å².